The number of rotatable bonds is 7. The summed E-state index contributed by atoms with van der Waals surface area (Å²) in [6.45, 7) is 2.43. The predicted octanol–water partition coefficient (Wildman–Crippen LogP) is 1.66. The second kappa shape index (κ2) is 6.86. The molecule has 0 aliphatic carbocycles. The highest BCUT2D eigenvalue weighted by Gasteiger charge is 2.08. The lowest BCUT2D eigenvalue weighted by Gasteiger charge is -2.13. The summed E-state index contributed by atoms with van der Waals surface area (Å²) in [5.41, 5.74) is 1.02. The van der Waals surface area contributed by atoms with Crippen molar-refractivity contribution in [2.75, 3.05) is 14.2 Å². The van der Waals surface area contributed by atoms with Crippen LogP contribution in [-0.4, -0.2) is 31.3 Å². The fraction of sp³-hybridized carbons (Fsp3) is 0.462. The van der Waals surface area contributed by atoms with Gasteiger partial charge in [0, 0.05) is 12.6 Å². The fourth-order valence-electron chi connectivity index (χ4n) is 1.62. The van der Waals surface area contributed by atoms with Crippen LogP contribution in [0.3, 0.4) is 0 Å². The van der Waals surface area contributed by atoms with Crippen LogP contribution in [0.5, 0.6) is 11.5 Å². The maximum Gasteiger partial charge on any atom is 0.304 e. The zero-order valence-electron chi connectivity index (χ0n) is 10.9. The minimum atomic E-state index is -0.803. The first-order valence-corrected chi connectivity index (χ1v) is 5.73. The summed E-state index contributed by atoms with van der Waals surface area (Å²) in [7, 11) is 3.17. The van der Waals surface area contributed by atoms with Crippen molar-refractivity contribution in [3.63, 3.8) is 0 Å². The van der Waals surface area contributed by atoms with Gasteiger partial charge in [0.1, 0.15) is 0 Å². The van der Waals surface area contributed by atoms with E-state index in [1.807, 2.05) is 25.1 Å². The molecule has 0 aliphatic heterocycles. The van der Waals surface area contributed by atoms with Crippen molar-refractivity contribution in [2.45, 2.75) is 25.9 Å². The van der Waals surface area contributed by atoms with Gasteiger partial charge < -0.3 is 19.9 Å². The zero-order chi connectivity index (χ0) is 13.5. The summed E-state index contributed by atoms with van der Waals surface area (Å²) >= 11 is 0. The average Bonchev–Trinajstić information content (AvgIpc) is 2.35. The van der Waals surface area contributed by atoms with E-state index in [9.17, 15) is 4.79 Å². The minimum Gasteiger partial charge on any atom is -0.493 e. The van der Waals surface area contributed by atoms with Crippen LogP contribution < -0.4 is 14.8 Å². The second-order valence-electron chi connectivity index (χ2n) is 4.07. The van der Waals surface area contributed by atoms with E-state index in [-0.39, 0.29) is 12.5 Å². The molecule has 0 unspecified atom stereocenters. The Bertz CT molecular complexity index is 406. The van der Waals surface area contributed by atoms with Gasteiger partial charge >= 0.3 is 5.97 Å². The van der Waals surface area contributed by atoms with Crippen molar-refractivity contribution in [3.8, 4) is 11.5 Å². The number of hydrogen-bond acceptors (Lipinski definition) is 4. The van der Waals surface area contributed by atoms with Crippen LogP contribution in [0.2, 0.25) is 0 Å². The van der Waals surface area contributed by atoms with Gasteiger partial charge in [0.15, 0.2) is 11.5 Å². The molecular weight excluding hydrogens is 234 g/mol. The standard InChI is InChI=1S/C13H19NO4/c1-9(6-13(15)16)14-8-10-4-5-11(17-2)12(7-10)18-3/h4-5,7,9,14H,6,8H2,1-3H3,(H,15,16)/t9-/m1/s1. The Morgan fingerprint density at radius 2 is 2.00 bits per heavy atom. The van der Waals surface area contributed by atoms with Crippen LogP contribution in [0.15, 0.2) is 18.2 Å². The Kier molecular flexibility index (Phi) is 5.45. The van der Waals surface area contributed by atoms with Crippen LogP contribution in [0.25, 0.3) is 0 Å². The number of methoxy groups -OCH3 is 2. The molecule has 5 nitrogen and oxygen atoms in total. The molecule has 0 radical (unpaired) electrons. The normalized spacial score (nSPS) is 11.9. The van der Waals surface area contributed by atoms with Crippen LogP contribution in [-0.2, 0) is 11.3 Å². The van der Waals surface area contributed by atoms with E-state index in [1.54, 1.807) is 14.2 Å². The summed E-state index contributed by atoms with van der Waals surface area (Å²) in [5, 5.41) is 11.8. The van der Waals surface area contributed by atoms with Gasteiger partial charge in [-0.15, -0.1) is 0 Å². The highest BCUT2D eigenvalue weighted by Crippen LogP contribution is 2.27. The van der Waals surface area contributed by atoms with Gasteiger partial charge in [-0.1, -0.05) is 6.07 Å². The number of aliphatic carboxylic acids is 1. The Hall–Kier alpha value is -1.75. The summed E-state index contributed by atoms with van der Waals surface area (Å²) in [6, 6.07) is 5.55. The maximum absolute atomic E-state index is 10.5. The smallest absolute Gasteiger partial charge is 0.304 e. The topological polar surface area (TPSA) is 67.8 Å². The van der Waals surface area contributed by atoms with Gasteiger partial charge in [0.05, 0.1) is 20.6 Å². The van der Waals surface area contributed by atoms with Gasteiger partial charge in [-0.2, -0.15) is 0 Å². The number of hydrogen-bond donors (Lipinski definition) is 2. The summed E-state index contributed by atoms with van der Waals surface area (Å²) in [6.07, 6.45) is 0.104. The predicted molar refractivity (Wildman–Crippen MR) is 68.1 cm³/mol. The Morgan fingerprint density at radius 3 is 2.56 bits per heavy atom. The van der Waals surface area contributed by atoms with Crippen molar-refractivity contribution in [1.82, 2.24) is 5.32 Å². The van der Waals surface area contributed by atoms with Gasteiger partial charge in [-0.3, -0.25) is 4.79 Å². The first kappa shape index (κ1) is 14.3. The van der Waals surface area contributed by atoms with Crippen LogP contribution in [0, 0.1) is 0 Å². The molecule has 100 valence electrons. The summed E-state index contributed by atoms with van der Waals surface area (Å²) in [4.78, 5) is 10.5. The molecule has 0 aromatic heterocycles. The highest BCUT2D eigenvalue weighted by molar-refractivity contribution is 5.67. The molecule has 0 saturated heterocycles. The number of nitrogens with one attached hydrogen (secondary N) is 1. The molecule has 0 spiro atoms. The Balaban J connectivity index is 2.60. The van der Waals surface area contributed by atoms with E-state index in [4.69, 9.17) is 14.6 Å². The van der Waals surface area contributed by atoms with E-state index in [2.05, 4.69) is 5.32 Å². The number of ether oxygens (including phenoxy) is 2. The molecule has 18 heavy (non-hydrogen) atoms. The van der Waals surface area contributed by atoms with Crippen LogP contribution in [0.4, 0.5) is 0 Å². The van der Waals surface area contributed by atoms with Crippen molar-refractivity contribution < 1.29 is 19.4 Å². The Labute approximate surface area is 107 Å². The molecule has 0 bridgehead atoms. The third kappa shape index (κ3) is 4.25. The summed E-state index contributed by atoms with van der Waals surface area (Å²) < 4.78 is 10.3. The number of carbonyl (C=O) groups is 1. The minimum absolute atomic E-state index is 0.0735. The van der Waals surface area contributed by atoms with Gasteiger partial charge in [-0.25, -0.2) is 0 Å². The van der Waals surface area contributed by atoms with Gasteiger partial charge in [-0.05, 0) is 24.6 Å². The lowest BCUT2D eigenvalue weighted by molar-refractivity contribution is -0.137. The SMILES string of the molecule is COc1ccc(CN[C@H](C)CC(=O)O)cc1OC. The molecule has 1 aromatic carbocycles. The fourth-order valence-corrected chi connectivity index (χ4v) is 1.62. The highest BCUT2D eigenvalue weighted by atomic mass is 16.5. The van der Waals surface area contributed by atoms with E-state index in [0.29, 0.717) is 18.0 Å². The van der Waals surface area contributed by atoms with Crippen LogP contribution >= 0.6 is 0 Å². The monoisotopic (exact) mass is 253 g/mol. The lowest BCUT2D eigenvalue weighted by atomic mass is 10.1. The molecular formula is C13H19NO4. The maximum atomic E-state index is 10.5. The largest absolute Gasteiger partial charge is 0.493 e. The molecule has 1 aromatic rings. The molecule has 0 aliphatic rings. The van der Waals surface area contributed by atoms with E-state index in [1.165, 1.54) is 0 Å². The second-order valence-corrected chi connectivity index (χ2v) is 4.07. The summed E-state index contributed by atoms with van der Waals surface area (Å²) in [5.74, 6) is 0.546. The Morgan fingerprint density at radius 1 is 1.33 bits per heavy atom. The van der Waals surface area contributed by atoms with Crippen LogP contribution in [0.1, 0.15) is 18.9 Å². The average molecular weight is 253 g/mol. The molecule has 0 fully saturated rings. The third-order valence-corrected chi connectivity index (χ3v) is 2.58. The first-order chi connectivity index (χ1) is 8.56. The zero-order valence-corrected chi connectivity index (χ0v) is 10.9. The molecule has 0 saturated carbocycles. The van der Waals surface area contributed by atoms with E-state index < -0.39 is 5.97 Å². The van der Waals surface area contributed by atoms with Crippen molar-refractivity contribution in [2.24, 2.45) is 0 Å². The number of carboxylic acids is 1. The molecule has 1 atom stereocenters. The molecule has 0 heterocycles. The van der Waals surface area contributed by atoms with E-state index in [0.717, 1.165) is 5.56 Å². The van der Waals surface area contributed by atoms with E-state index >= 15 is 0 Å². The quantitative estimate of drug-likeness (QED) is 0.773. The lowest BCUT2D eigenvalue weighted by Crippen LogP contribution is -2.27. The van der Waals surface area contributed by atoms with Crippen molar-refractivity contribution in [1.29, 1.82) is 0 Å². The number of carboxylic acid groups (broad SMARTS) is 1. The molecule has 2 N–H and O–H groups in total. The molecule has 0 amide bonds. The van der Waals surface area contributed by atoms with Gasteiger partial charge in [0.2, 0.25) is 0 Å². The third-order valence-electron chi connectivity index (χ3n) is 2.58. The number of benzene rings is 1. The van der Waals surface area contributed by atoms with Crippen molar-refractivity contribution >= 4 is 5.97 Å². The molecule has 1 rings (SSSR count). The first-order valence-electron chi connectivity index (χ1n) is 5.73. The van der Waals surface area contributed by atoms with Crippen molar-refractivity contribution in [3.05, 3.63) is 23.8 Å². The molecule has 5 heteroatoms. The van der Waals surface area contributed by atoms with Gasteiger partial charge in [0.25, 0.3) is 0 Å².